The Kier molecular flexibility index (Phi) is 12.0. The van der Waals surface area contributed by atoms with Crippen LogP contribution in [0.5, 0.6) is 0 Å². The van der Waals surface area contributed by atoms with Crippen LogP contribution in [0.15, 0.2) is 0 Å². The monoisotopic (exact) mass is 448 g/mol. The van der Waals surface area contributed by atoms with E-state index in [0.29, 0.717) is 0 Å². The lowest BCUT2D eigenvalue weighted by Gasteiger charge is -2.27. The van der Waals surface area contributed by atoms with Gasteiger partial charge in [0.1, 0.15) is 18.1 Å². The quantitative estimate of drug-likeness (QED) is 0.174. The molecular formula is C18H32N4O7S. The van der Waals surface area contributed by atoms with Gasteiger partial charge in [0.2, 0.25) is 17.7 Å². The lowest BCUT2D eigenvalue weighted by molar-refractivity contribution is -0.141. The predicted octanol–water partition coefficient (Wildman–Crippen LogP) is -1.04. The molecule has 0 aliphatic carbocycles. The maximum absolute atomic E-state index is 12.8. The van der Waals surface area contributed by atoms with Gasteiger partial charge >= 0.3 is 11.9 Å². The number of hydrogen-bond donors (Lipinski definition) is 7. The highest BCUT2D eigenvalue weighted by Crippen LogP contribution is 2.09. The van der Waals surface area contributed by atoms with E-state index in [4.69, 9.17) is 15.9 Å². The topological polar surface area (TPSA) is 188 Å². The molecular weight excluding hydrogens is 416 g/mol. The van der Waals surface area contributed by atoms with Gasteiger partial charge in [-0.05, 0) is 18.3 Å². The standard InChI is InChI=1S/C18H32N4O7S/c1-8(2)5-11(16(26)21-12(7-30)18(28)29)20-17(27)14(9(3)4)22-15(25)10(19)6-13(23)24/h8-12,14,30H,5-7,19H2,1-4H3,(H,20,27)(H,21,26)(H,22,25)(H,23,24)(H,28,29). The molecule has 0 radical (unpaired) electrons. The van der Waals surface area contributed by atoms with E-state index in [2.05, 4.69) is 28.6 Å². The van der Waals surface area contributed by atoms with E-state index in [1.807, 2.05) is 13.8 Å². The van der Waals surface area contributed by atoms with Gasteiger partial charge in [0.25, 0.3) is 0 Å². The van der Waals surface area contributed by atoms with Crippen LogP contribution in [-0.2, 0) is 24.0 Å². The van der Waals surface area contributed by atoms with E-state index in [9.17, 15) is 24.0 Å². The summed E-state index contributed by atoms with van der Waals surface area (Å²) < 4.78 is 0. The Balaban J connectivity index is 5.35. The Morgan fingerprint density at radius 2 is 1.40 bits per heavy atom. The molecule has 0 aromatic rings. The molecule has 4 unspecified atom stereocenters. The van der Waals surface area contributed by atoms with Crippen molar-refractivity contribution in [2.24, 2.45) is 17.6 Å². The summed E-state index contributed by atoms with van der Waals surface area (Å²) in [5, 5.41) is 25.1. The number of carbonyl (C=O) groups is 5. The highest BCUT2D eigenvalue weighted by Gasteiger charge is 2.32. The van der Waals surface area contributed by atoms with Crippen molar-refractivity contribution in [1.29, 1.82) is 0 Å². The minimum absolute atomic E-state index is 0.00332. The molecule has 0 aliphatic heterocycles. The van der Waals surface area contributed by atoms with E-state index in [1.54, 1.807) is 13.8 Å². The summed E-state index contributed by atoms with van der Waals surface area (Å²) in [6.07, 6.45) is -0.370. The Hall–Kier alpha value is -2.34. The van der Waals surface area contributed by atoms with Crippen molar-refractivity contribution in [3.05, 3.63) is 0 Å². The van der Waals surface area contributed by atoms with E-state index < -0.39 is 66.2 Å². The van der Waals surface area contributed by atoms with Crippen LogP contribution in [-0.4, -0.2) is 69.8 Å². The summed E-state index contributed by atoms with van der Waals surface area (Å²) in [5.74, 6) is -5.20. The van der Waals surface area contributed by atoms with Gasteiger partial charge in [-0.1, -0.05) is 27.7 Å². The average Bonchev–Trinajstić information content (AvgIpc) is 2.61. The first-order chi connectivity index (χ1) is 13.8. The lowest BCUT2D eigenvalue weighted by Crippen LogP contribution is -2.58. The van der Waals surface area contributed by atoms with Crippen LogP contribution in [0.25, 0.3) is 0 Å². The molecule has 30 heavy (non-hydrogen) atoms. The smallest absolute Gasteiger partial charge is 0.327 e. The first kappa shape index (κ1) is 27.7. The highest BCUT2D eigenvalue weighted by molar-refractivity contribution is 7.80. The van der Waals surface area contributed by atoms with Gasteiger partial charge in [-0.2, -0.15) is 12.6 Å². The third kappa shape index (κ3) is 9.92. The Labute approximate surface area is 180 Å². The van der Waals surface area contributed by atoms with Crippen LogP contribution < -0.4 is 21.7 Å². The Morgan fingerprint density at radius 1 is 0.867 bits per heavy atom. The van der Waals surface area contributed by atoms with Crippen molar-refractivity contribution in [1.82, 2.24) is 16.0 Å². The number of nitrogens with one attached hydrogen (secondary N) is 3. The van der Waals surface area contributed by atoms with Crippen molar-refractivity contribution in [2.45, 2.75) is 64.7 Å². The summed E-state index contributed by atoms with van der Waals surface area (Å²) in [5.41, 5.74) is 5.53. The van der Waals surface area contributed by atoms with Gasteiger partial charge in [0, 0.05) is 5.75 Å². The van der Waals surface area contributed by atoms with E-state index >= 15 is 0 Å². The summed E-state index contributed by atoms with van der Waals surface area (Å²) >= 11 is 3.89. The second-order valence-corrected chi connectivity index (χ2v) is 8.07. The molecule has 0 aromatic heterocycles. The fourth-order valence-electron chi connectivity index (χ4n) is 2.50. The third-order valence-electron chi connectivity index (χ3n) is 4.12. The summed E-state index contributed by atoms with van der Waals surface area (Å²) in [6.45, 7) is 6.97. The average molecular weight is 449 g/mol. The zero-order chi connectivity index (χ0) is 23.6. The SMILES string of the molecule is CC(C)CC(NC(=O)C(NC(=O)C(N)CC(=O)O)C(C)C)C(=O)NC(CS)C(=O)O. The van der Waals surface area contributed by atoms with Crippen molar-refractivity contribution < 1.29 is 34.2 Å². The number of aliphatic carboxylic acids is 2. The number of amides is 3. The normalized spacial score (nSPS) is 15.1. The molecule has 0 fully saturated rings. The van der Waals surface area contributed by atoms with E-state index in [0.717, 1.165) is 0 Å². The van der Waals surface area contributed by atoms with Crippen LogP contribution in [0.4, 0.5) is 0 Å². The van der Waals surface area contributed by atoms with Gasteiger partial charge in [0.15, 0.2) is 0 Å². The molecule has 0 bridgehead atoms. The minimum Gasteiger partial charge on any atom is -0.481 e. The van der Waals surface area contributed by atoms with Gasteiger partial charge < -0.3 is 31.9 Å². The largest absolute Gasteiger partial charge is 0.481 e. The van der Waals surface area contributed by atoms with Gasteiger partial charge in [-0.15, -0.1) is 0 Å². The first-order valence-corrected chi connectivity index (χ1v) is 10.1. The van der Waals surface area contributed by atoms with Crippen LogP contribution in [0.1, 0.15) is 40.5 Å². The van der Waals surface area contributed by atoms with E-state index in [-0.39, 0.29) is 18.1 Å². The number of nitrogens with two attached hydrogens (primary N) is 1. The molecule has 0 rings (SSSR count). The number of carboxylic acids is 2. The van der Waals surface area contributed by atoms with Crippen molar-refractivity contribution >= 4 is 42.3 Å². The number of carbonyl (C=O) groups excluding carboxylic acids is 3. The maximum Gasteiger partial charge on any atom is 0.327 e. The van der Waals surface area contributed by atoms with Crippen LogP contribution >= 0.6 is 12.6 Å². The minimum atomic E-state index is -1.34. The molecule has 0 aromatic carbocycles. The van der Waals surface area contributed by atoms with E-state index in [1.165, 1.54) is 0 Å². The third-order valence-corrected chi connectivity index (χ3v) is 4.48. The van der Waals surface area contributed by atoms with Crippen LogP contribution in [0.2, 0.25) is 0 Å². The zero-order valence-electron chi connectivity index (χ0n) is 17.5. The molecule has 11 nitrogen and oxygen atoms in total. The first-order valence-electron chi connectivity index (χ1n) is 9.52. The van der Waals surface area contributed by atoms with Crippen LogP contribution in [0.3, 0.4) is 0 Å². The van der Waals surface area contributed by atoms with Crippen molar-refractivity contribution in [3.63, 3.8) is 0 Å². The zero-order valence-corrected chi connectivity index (χ0v) is 18.4. The number of rotatable bonds is 13. The molecule has 172 valence electrons. The molecule has 0 spiro atoms. The molecule has 3 amide bonds. The van der Waals surface area contributed by atoms with Gasteiger partial charge in [-0.3, -0.25) is 19.2 Å². The fraction of sp³-hybridized carbons (Fsp3) is 0.722. The fourth-order valence-corrected chi connectivity index (χ4v) is 2.75. The Bertz CT molecular complexity index is 642. The second-order valence-electron chi connectivity index (χ2n) is 7.71. The summed E-state index contributed by atoms with van der Waals surface area (Å²) in [4.78, 5) is 59.3. The summed E-state index contributed by atoms with van der Waals surface area (Å²) in [6, 6.07) is -4.66. The van der Waals surface area contributed by atoms with Gasteiger partial charge in [0.05, 0.1) is 12.5 Å². The molecule has 0 aliphatic rings. The molecule has 4 atom stereocenters. The predicted molar refractivity (Wildman–Crippen MR) is 112 cm³/mol. The molecule has 0 heterocycles. The van der Waals surface area contributed by atoms with Crippen LogP contribution in [0, 0.1) is 11.8 Å². The number of hydrogen-bond acceptors (Lipinski definition) is 7. The second kappa shape index (κ2) is 13.1. The number of carboxylic acid groups (broad SMARTS) is 2. The highest BCUT2D eigenvalue weighted by atomic mass is 32.1. The number of thiol groups is 1. The maximum atomic E-state index is 12.8. The van der Waals surface area contributed by atoms with Crippen molar-refractivity contribution in [2.75, 3.05) is 5.75 Å². The molecule has 12 heteroatoms. The van der Waals surface area contributed by atoms with Gasteiger partial charge in [-0.25, -0.2) is 4.79 Å². The van der Waals surface area contributed by atoms with Crippen molar-refractivity contribution in [3.8, 4) is 0 Å². The molecule has 0 saturated heterocycles. The molecule has 7 N–H and O–H groups in total. The lowest BCUT2D eigenvalue weighted by atomic mass is 9.99. The molecule has 0 saturated carbocycles. The summed E-state index contributed by atoms with van der Waals surface area (Å²) in [7, 11) is 0. The Morgan fingerprint density at radius 3 is 1.80 bits per heavy atom.